The molecule has 1 atom stereocenters. The SMILES string of the molecule is COCCOC(=O)C1=C(C)N=c2sc(=Cc3ccc(OC)cc3C)c(=O)n2C1c1ccc(Cl)cc1. The van der Waals surface area contributed by atoms with Gasteiger partial charge in [0, 0.05) is 12.1 Å². The molecule has 182 valence electrons. The van der Waals surface area contributed by atoms with Crippen molar-refractivity contribution in [3.05, 3.63) is 95.1 Å². The Hall–Kier alpha value is -3.20. The van der Waals surface area contributed by atoms with Crippen LogP contribution >= 0.6 is 22.9 Å². The van der Waals surface area contributed by atoms with Gasteiger partial charge in [0.15, 0.2) is 4.80 Å². The Labute approximate surface area is 211 Å². The van der Waals surface area contributed by atoms with Gasteiger partial charge in [-0.2, -0.15) is 0 Å². The molecule has 0 radical (unpaired) electrons. The van der Waals surface area contributed by atoms with Gasteiger partial charge in [-0.15, -0.1) is 0 Å². The molecule has 0 spiro atoms. The van der Waals surface area contributed by atoms with Gasteiger partial charge in [-0.3, -0.25) is 9.36 Å². The minimum atomic E-state index is -0.697. The minimum Gasteiger partial charge on any atom is -0.497 e. The number of carbonyl (C=O) groups is 1. The molecule has 2 aromatic carbocycles. The lowest BCUT2D eigenvalue weighted by Crippen LogP contribution is -2.40. The monoisotopic (exact) mass is 512 g/mol. The average Bonchev–Trinajstić information content (AvgIpc) is 3.14. The fourth-order valence-electron chi connectivity index (χ4n) is 3.92. The summed E-state index contributed by atoms with van der Waals surface area (Å²) in [6, 6.07) is 12.1. The van der Waals surface area contributed by atoms with Crippen molar-refractivity contribution in [1.29, 1.82) is 0 Å². The molecule has 0 amide bonds. The molecule has 1 aliphatic heterocycles. The summed E-state index contributed by atoms with van der Waals surface area (Å²) in [5.41, 5.74) is 3.18. The number of allylic oxidation sites excluding steroid dienone is 1. The third-order valence-corrected chi connectivity index (χ3v) is 6.95. The molecule has 1 unspecified atom stereocenters. The highest BCUT2D eigenvalue weighted by molar-refractivity contribution is 7.07. The van der Waals surface area contributed by atoms with Crippen molar-refractivity contribution >= 4 is 35.0 Å². The Kier molecular flexibility index (Phi) is 7.54. The first-order chi connectivity index (χ1) is 16.8. The van der Waals surface area contributed by atoms with Crippen LogP contribution in [0, 0.1) is 6.92 Å². The molecule has 35 heavy (non-hydrogen) atoms. The molecule has 3 aromatic rings. The van der Waals surface area contributed by atoms with Gasteiger partial charge in [-0.1, -0.05) is 41.1 Å². The Morgan fingerprint density at radius 1 is 1.14 bits per heavy atom. The van der Waals surface area contributed by atoms with Crippen LogP contribution in [0.3, 0.4) is 0 Å². The van der Waals surface area contributed by atoms with Crippen molar-refractivity contribution in [2.75, 3.05) is 27.4 Å². The van der Waals surface area contributed by atoms with Crippen LogP contribution in [-0.2, 0) is 14.3 Å². The van der Waals surface area contributed by atoms with Gasteiger partial charge in [0.1, 0.15) is 12.4 Å². The zero-order valence-corrected chi connectivity index (χ0v) is 21.4. The van der Waals surface area contributed by atoms with E-state index in [1.807, 2.05) is 31.2 Å². The standard InChI is InChI=1S/C26H25ClN2O5S/c1-15-13-20(33-4)10-7-18(15)14-21-24(30)29-23(17-5-8-19(27)9-6-17)22(16(2)28-26(29)35-21)25(31)34-12-11-32-3/h5-10,13-14,23H,11-12H2,1-4H3. The van der Waals surface area contributed by atoms with Crippen molar-refractivity contribution in [3.8, 4) is 5.75 Å². The first-order valence-electron chi connectivity index (χ1n) is 10.9. The van der Waals surface area contributed by atoms with Gasteiger partial charge in [0.05, 0.1) is 35.6 Å². The van der Waals surface area contributed by atoms with Crippen LogP contribution in [0.4, 0.5) is 0 Å². The third kappa shape index (κ3) is 5.10. The first kappa shape index (κ1) is 24.9. The maximum absolute atomic E-state index is 13.7. The molecular formula is C26H25ClN2O5S. The molecule has 2 heterocycles. The molecule has 4 rings (SSSR count). The third-order valence-electron chi connectivity index (χ3n) is 5.71. The number of benzene rings is 2. The molecule has 0 saturated carbocycles. The number of fused-ring (bicyclic) bond motifs is 1. The molecule has 9 heteroatoms. The number of rotatable bonds is 7. The normalized spacial score (nSPS) is 15.6. The van der Waals surface area contributed by atoms with Gasteiger partial charge in [-0.25, -0.2) is 9.79 Å². The number of esters is 1. The van der Waals surface area contributed by atoms with E-state index in [2.05, 4.69) is 4.99 Å². The lowest BCUT2D eigenvalue weighted by atomic mass is 9.96. The summed E-state index contributed by atoms with van der Waals surface area (Å²) < 4.78 is 17.8. The summed E-state index contributed by atoms with van der Waals surface area (Å²) in [4.78, 5) is 31.9. The number of carbonyl (C=O) groups excluding carboxylic acids is 1. The largest absolute Gasteiger partial charge is 0.497 e. The second kappa shape index (κ2) is 10.6. The van der Waals surface area contributed by atoms with E-state index in [0.29, 0.717) is 25.6 Å². The number of ether oxygens (including phenoxy) is 3. The van der Waals surface area contributed by atoms with Crippen molar-refractivity contribution in [2.24, 2.45) is 4.99 Å². The van der Waals surface area contributed by atoms with Gasteiger partial charge in [0.2, 0.25) is 0 Å². The Morgan fingerprint density at radius 3 is 2.54 bits per heavy atom. The zero-order chi connectivity index (χ0) is 25.1. The highest BCUT2D eigenvalue weighted by Crippen LogP contribution is 2.31. The van der Waals surface area contributed by atoms with E-state index in [1.165, 1.54) is 18.4 Å². The van der Waals surface area contributed by atoms with Crippen LogP contribution < -0.4 is 19.6 Å². The molecule has 0 N–H and O–H groups in total. The van der Waals surface area contributed by atoms with E-state index in [9.17, 15) is 9.59 Å². The van der Waals surface area contributed by atoms with Gasteiger partial charge in [-0.05, 0) is 60.9 Å². The number of halogens is 1. The predicted molar refractivity (Wildman–Crippen MR) is 136 cm³/mol. The minimum absolute atomic E-state index is 0.0978. The van der Waals surface area contributed by atoms with Gasteiger partial charge < -0.3 is 14.2 Å². The van der Waals surface area contributed by atoms with Gasteiger partial charge >= 0.3 is 5.97 Å². The molecule has 0 aliphatic carbocycles. The van der Waals surface area contributed by atoms with E-state index in [-0.39, 0.29) is 18.8 Å². The topological polar surface area (TPSA) is 79.1 Å². The van der Waals surface area contributed by atoms with Crippen LogP contribution in [0.1, 0.15) is 29.7 Å². The summed E-state index contributed by atoms with van der Waals surface area (Å²) in [5.74, 6) is 0.208. The van der Waals surface area contributed by atoms with E-state index < -0.39 is 12.0 Å². The van der Waals surface area contributed by atoms with Crippen LogP contribution in [0.25, 0.3) is 6.08 Å². The number of aromatic nitrogens is 1. The number of thiazole rings is 1. The smallest absolute Gasteiger partial charge is 0.338 e. The molecule has 0 bridgehead atoms. The van der Waals surface area contributed by atoms with Crippen molar-refractivity contribution < 1.29 is 19.0 Å². The maximum atomic E-state index is 13.7. The Morgan fingerprint density at radius 2 is 1.89 bits per heavy atom. The van der Waals surface area contributed by atoms with E-state index >= 15 is 0 Å². The number of nitrogens with zero attached hydrogens (tertiary/aromatic N) is 2. The first-order valence-corrected chi connectivity index (χ1v) is 12.1. The number of methoxy groups -OCH3 is 2. The van der Waals surface area contributed by atoms with E-state index in [4.69, 9.17) is 25.8 Å². The number of aryl methyl sites for hydroxylation is 1. The second-order valence-electron chi connectivity index (χ2n) is 7.98. The van der Waals surface area contributed by atoms with Crippen molar-refractivity contribution in [3.63, 3.8) is 0 Å². The van der Waals surface area contributed by atoms with Crippen molar-refractivity contribution in [1.82, 2.24) is 4.57 Å². The maximum Gasteiger partial charge on any atom is 0.338 e. The van der Waals surface area contributed by atoms with Crippen molar-refractivity contribution in [2.45, 2.75) is 19.9 Å². The average molecular weight is 513 g/mol. The molecule has 1 aliphatic rings. The Balaban J connectivity index is 1.88. The van der Waals surface area contributed by atoms with Crippen LogP contribution in [0.5, 0.6) is 5.75 Å². The molecule has 7 nitrogen and oxygen atoms in total. The number of hydrogen-bond donors (Lipinski definition) is 0. The van der Waals surface area contributed by atoms with Crippen LogP contribution in [-0.4, -0.2) is 38.0 Å². The summed E-state index contributed by atoms with van der Waals surface area (Å²) in [5, 5.41) is 0.557. The van der Waals surface area contributed by atoms with E-state index in [1.54, 1.807) is 42.9 Å². The van der Waals surface area contributed by atoms with Crippen LogP contribution in [0.2, 0.25) is 5.02 Å². The molecular weight excluding hydrogens is 488 g/mol. The highest BCUT2D eigenvalue weighted by Gasteiger charge is 2.33. The molecule has 1 aromatic heterocycles. The molecule has 0 fully saturated rings. The van der Waals surface area contributed by atoms with Crippen LogP contribution in [0.15, 0.2) is 63.5 Å². The lowest BCUT2D eigenvalue weighted by molar-refractivity contribution is -0.140. The summed E-state index contributed by atoms with van der Waals surface area (Å²) in [6.07, 6.45) is 1.84. The summed E-state index contributed by atoms with van der Waals surface area (Å²) in [6.45, 7) is 4.08. The van der Waals surface area contributed by atoms with E-state index in [0.717, 1.165) is 22.4 Å². The quantitative estimate of drug-likeness (QED) is 0.358. The zero-order valence-electron chi connectivity index (χ0n) is 19.8. The fourth-order valence-corrected chi connectivity index (χ4v) is 5.08. The second-order valence-corrected chi connectivity index (χ2v) is 9.43. The fraction of sp³-hybridized carbons (Fsp3) is 0.269. The highest BCUT2D eigenvalue weighted by atomic mass is 35.5. The van der Waals surface area contributed by atoms with Gasteiger partial charge in [0.25, 0.3) is 5.56 Å². The lowest BCUT2D eigenvalue weighted by Gasteiger charge is -2.24. The summed E-state index contributed by atoms with van der Waals surface area (Å²) in [7, 11) is 3.15. The Bertz CT molecular complexity index is 1470. The summed E-state index contributed by atoms with van der Waals surface area (Å²) >= 11 is 7.39. The number of hydrogen-bond acceptors (Lipinski definition) is 7. The predicted octanol–water partition coefficient (Wildman–Crippen LogP) is 3.40. The molecule has 0 saturated heterocycles.